The Kier molecular flexibility index (Phi) is 5.11. The van der Waals surface area contributed by atoms with E-state index in [0.717, 1.165) is 48.2 Å². The molecule has 1 N–H and O–H groups in total. The molecule has 2 aromatic carbocycles. The lowest BCUT2D eigenvalue weighted by Crippen LogP contribution is -2.38. The molecule has 0 bridgehead atoms. The largest absolute Gasteiger partial charge is 0.381 e. The molecule has 2 nitrogen and oxygen atoms in total. The van der Waals surface area contributed by atoms with Crippen LogP contribution in [0.5, 0.6) is 0 Å². The zero-order chi connectivity index (χ0) is 15.4. The highest BCUT2D eigenvalue weighted by Gasteiger charge is 2.19. The third-order valence-corrected chi connectivity index (χ3v) is 4.81. The van der Waals surface area contributed by atoms with Crippen LogP contribution in [0.2, 0.25) is 0 Å². The number of likely N-dealkylation sites (tertiary alicyclic amines) is 1. The highest BCUT2D eigenvalue weighted by molar-refractivity contribution is 9.10. The summed E-state index contributed by atoms with van der Waals surface area (Å²) in [4.78, 5) is 2.40. The van der Waals surface area contributed by atoms with Crippen LogP contribution >= 0.6 is 15.9 Å². The van der Waals surface area contributed by atoms with E-state index in [1.165, 1.54) is 6.07 Å². The fourth-order valence-corrected chi connectivity index (χ4v) is 3.33. The van der Waals surface area contributed by atoms with Crippen LogP contribution in [0.4, 0.5) is 10.1 Å². The summed E-state index contributed by atoms with van der Waals surface area (Å²) in [7, 11) is 0. The van der Waals surface area contributed by atoms with Crippen molar-refractivity contribution in [3.8, 4) is 0 Å². The topological polar surface area (TPSA) is 15.3 Å². The van der Waals surface area contributed by atoms with Gasteiger partial charge >= 0.3 is 0 Å². The fraction of sp³-hybridized carbons (Fsp3) is 0.333. The van der Waals surface area contributed by atoms with Gasteiger partial charge in [-0.3, -0.25) is 4.90 Å². The van der Waals surface area contributed by atoms with E-state index < -0.39 is 0 Å². The van der Waals surface area contributed by atoms with Crippen LogP contribution < -0.4 is 5.32 Å². The monoisotopic (exact) mass is 362 g/mol. The highest BCUT2D eigenvalue weighted by atomic mass is 79.9. The SMILES string of the molecule is Fc1cccc(CN2CCC(Nc3ccccc3Br)CC2)c1. The van der Waals surface area contributed by atoms with E-state index in [9.17, 15) is 4.39 Å². The van der Waals surface area contributed by atoms with Crippen molar-refractivity contribution < 1.29 is 4.39 Å². The van der Waals surface area contributed by atoms with Crippen LogP contribution in [-0.4, -0.2) is 24.0 Å². The van der Waals surface area contributed by atoms with Crippen molar-refractivity contribution >= 4 is 21.6 Å². The minimum atomic E-state index is -0.150. The van der Waals surface area contributed by atoms with Gasteiger partial charge < -0.3 is 5.32 Å². The zero-order valence-corrected chi connectivity index (χ0v) is 14.0. The number of piperidine rings is 1. The highest BCUT2D eigenvalue weighted by Crippen LogP contribution is 2.24. The van der Waals surface area contributed by atoms with Crippen LogP contribution in [0.25, 0.3) is 0 Å². The molecule has 3 rings (SSSR count). The van der Waals surface area contributed by atoms with Gasteiger partial charge in [0.05, 0.1) is 0 Å². The van der Waals surface area contributed by atoms with Gasteiger partial charge in [0.15, 0.2) is 0 Å². The first-order valence-electron chi connectivity index (χ1n) is 7.68. The van der Waals surface area contributed by atoms with Crippen LogP contribution in [0, 0.1) is 5.82 Å². The van der Waals surface area contributed by atoms with Gasteiger partial charge in [0.2, 0.25) is 0 Å². The van der Waals surface area contributed by atoms with Crippen molar-refractivity contribution in [1.29, 1.82) is 0 Å². The quantitative estimate of drug-likeness (QED) is 0.850. The smallest absolute Gasteiger partial charge is 0.123 e. The van der Waals surface area contributed by atoms with Crippen LogP contribution in [0.1, 0.15) is 18.4 Å². The molecule has 0 atom stereocenters. The lowest BCUT2D eigenvalue weighted by atomic mass is 10.0. The van der Waals surface area contributed by atoms with Gasteiger partial charge in [0, 0.05) is 35.8 Å². The van der Waals surface area contributed by atoms with Gasteiger partial charge in [-0.2, -0.15) is 0 Å². The maximum absolute atomic E-state index is 13.2. The predicted molar refractivity (Wildman–Crippen MR) is 92.5 cm³/mol. The van der Waals surface area contributed by atoms with E-state index in [2.05, 4.69) is 38.3 Å². The van der Waals surface area contributed by atoms with Crippen molar-refractivity contribution in [1.82, 2.24) is 4.90 Å². The molecule has 0 radical (unpaired) electrons. The maximum Gasteiger partial charge on any atom is 0.123 e. The molecule has 1 heterocycles. The number of anilines is 1. The molecule has 1 aliphatic heterocycles. The molecule has 0 amide bonds. The van der Waals surface area contributed by atoms with Crippen LogP contribution in [0.15, 0.2) is 53.0 Å². The molecule has 0 unspecified atom stereocenters. The molecular weight excluding hydrogens is 343 g/mol. The molecule has 4 heteroatoms. The Bertz CT molecular complexity index is 624. The van der Waals surface area contributed by atoms with Crippen LogP contribution in [0.3, 0.4) is 0 Å². The number of hydrogen-bond acceptors (Lipinski definition) is 2. The average molecular weight is 363 g/mol. The van der Waals surface area contributed by atoms with Gasteiger partial charge in [-0.1, -0.05) is 24.3 Å². The Morgan fingerprint density at radius 1 is 1.09 bits per heavy atom. The Morgan fingerprint density at radius 3 is 2.59 bits per heavy atom. The molecular formula is C18H20BrFN2. The first-order valence-corrected chi connectivity index (χ1v) is 8.48. The summed E-state index contributed by atoms with van der Waals surface area (Å²) >= 11 is 3.58. The number of benzene rings is 2. The molecule has 0 saturated carbocycles. The fourth-order valence-electron chi connectivity index (χ4n) is 2.93. The summed E-state index contributed by atoms with van der Waals surface area (Å²) in [5, 5.41) is 3.61. The molecule has 116 valence electrons. The number of para-hydroxylation sites is 1. The van der Waals surface area contributed by atoms with E-state index >= 15 is 0 Å². The molecule has 0 aromatic heterocycles. The van der Waals surface area contributed by atoms with Crippen molar-refractivity contribution in [2.75, 3.05) is 18.4 Å². The van der Waals surface area contributed by atoms with Crippen molar-refractivity contribution in [2.45, 2.75) is 25.4 Å². The summed E-state index contributed by atoms with van der Waals surface area (Å²) in [5.41, 5.74) is 2.21. The van der Waals surface area contributed by atoms with E-state index in [-0.39, 0.29) is 5.82 Å². The summed E-state index contributed by atoms with van der Waals surface area (Å²) in [6, 6.07) is 15.6. The lowest BCUT2D eigenvalue weighted by Gasteiger charge is -2.33. The minimum Gasteiger partial charge on any atom is -0.381 e. The second kappa shape index (κ2) is 7.25. The summed E-state index contributed by atoms with van der Waals surface area (Å²) in [6.45, 7) is 2.91. The van der Waals surface area contributed by atoms with Gasteiger partial charge in [0.1, 0.15) is 5.82 Å². The number of halogens is 2. The first kappa shape index (κ1) is 15.5. The Hall–Kier alpha value is -1.39. The third kappa shape index (κ3) is 4.08. The lowest BCUT2D eigenvalue weighted by molar-refractivity contribution is 0.211. The number of nitrogens with zero attached hydrogens (tertiary/aromatic N) is 1. The molecule has 0 spiro atoms. The second-order valence-electron chi connectivity index (χ2n) is 5.80. The predicted octanol–water partition coefficient (Wildman–Crippen LogP) is 4.66. The van der Waals surface area contributed by atoms with Crippen molar-refractivity contribution in [2.24, 2.45) is 0 Å². The van der Waals surface area contributed by atoms with Gasteiger partial charge in [0.25, 0.3) is 0 Å². The maximum atomic E-state index is 13.2. The van der Waals surface area contributed by atoms with Gasteiger partial charge in [-0.25, -0.2) is 4.39 Å². The molecule has 1 aliphatic rings. The van der Waals surface area contributed by atoms with E-state index in [4.69, 9.17) is 0 Å². The van der Waals surface area contributed by atoms with Gasteiger partial charge in [-0.15, -0.1) is 0 Å². The summed E-state index contributed by atoms with van der Waals surface area (Å²) < 4.78 is 14.3. The number of rotatable bonds is 4. The molecule has 1 saturated heterocycles. The Morgan fingerprint density at radius 2 is 1.86 bits per heavy atom. The zero-order valence-electron chi connectivity index (χ0n) is 12.4. The molecule has 1 fully saturated rings. The van der Waals surface area contributed by atoms with E-state index in [1.807, 2.05) is 18.2 Å². The third-order valence-electron chi connectivity index (χ3n) is 4.12. The van der Waals surface area contributed by atoms with Crippen molar-refractivity contribution in [3.63, 3.8) is 0 Å². The molecule has 22 heavy (non-hydrogen) atoms. The average Bonchev–Trinajstić information content (AvgIpc) is 2.52. The normalized spacial score (nSPS) is 16.6. The number of hydrogen-bond donors (Lipinski definition) is 1. The minimum absolute atomic E-state index is 0.150. The van der Waals surface area contributed by atoms with E-state index in [0.29, 0.717) is 6.04 Å². The number of nitrogens with one attached hydrogen (secondary N) is 1. The summed E-state index contributed by atoms with van der Waals surface area (Å²) in [5.74, 6) is -0.150. The Balaban J connectivity index is 1.51. The standard InChI is InChI=1S/C18H20BrFN2/c19-17-6-1-2-7-18(17)21-16-8-10-22(11-9-16)13-14-4-3-5-15(20)12-14/h1-7,12,16,21H,8-11,13H2. The first-order chi connectivity index (χ1) is 10.7. The summed E-state index contributed by atoms with van der Waals surface area (Å²) in [6.07, 6.45) is 2.22. The van der Waals surface area contributed by atoms with Crippen LogP contribution in [-0.2, 0) is 6.54 Å². The molecule has 0 aliphatic carbocycles. The van der Waals surface area contributed by atoms with E-state index in [1.54, 1.807) is 12.1 Å². The van der Waals surface area contributed by atoms with Crippen molar-refractivity contribution in [3.05, 3.63) is 64.4 Å². The Labute approximate surface area is 139 Å². The molecule has 2 aromatic rings. The second-order valence-corrected chi connectivity index (χ2v) is 6.66. The van der Waals surface area contributed by atoms with Gasteiger partial charge in [-0.05, 0) is 58.6 Å².